The maximum atomic E-state index is 11.2. The summed E-state index contributed by atoms with van der Waals surface area (Å²) in [6, 6.07) is 7.17. The second-order valence-electron chi connectivity index (χ2n) is 5.38. The minimum absolute atomic E-state index is 0.100. The largest absolute Gasteiger partial charge is 0.489 e. The molecule has 0 saturated heterocycles. The predicted molar refractivity (Wildman–Crippen MR) is 92.5 cm³/mol. The van der Waals surface area contributed by atoms with Gasteiger partial charge in [0.25, 0.3) is 9.05 Å². The molecule has 0 aliphatic heterocycles. The quantitative estimate of drug-likeness (QED) is 0.484. The normalized spacial score (nSPS) is 13.4. The number of hydrogen-bond acceptors (Lipinski definition) is 5. The van der Waals surface area contributed by atoms with Gasteiger partial charge in [0, 0.05) is 30.9 Å². The fourth-order valence-electron chi connectivity index (χ4n) is 1.89. The van der Waals surface area contributed by atoms with Crippen molar-refractivity contribution in [1.82, 2.24) is 0 Å². The lowest BCUT2D eigenvalue weighted by molar-refractivity contribution is 0.162. The minimum atomic E-state index is -3.68. The van der Waals surface area contributed by atoms with Crippen LogP contribution in [0.15, 0.2) is 29.2 Å². The molecule has 0 amide bonds. The summed E-state index contributed by atoms with van der Waals surface area (Å²) in [5.74, 6) is 0. The summed E-state index contributed by atoms with van der Waals surface area (Å²) in [5.41, 5.74) is 1.52. The van der Waals surface area contributed by atoms with Crippen molar-refractivity contribution in [2.45, 2.75) is 36.7 Å². The molecular formula is C13H23ClO5SSi2. The minimum Gasteiger partial charge on any atom is -0.421 e. The average molecular weight is 383 g/mol. The van der Waals surface area contributed by atoms with E-state index in [1.165, 1.54) is 12.1 Å². The van der Waals surface area contributed by atoms with Gasteiger partial charge < -0.3 is 13.0 Å². The van der Waals surface area contributed by atoms with Crippen LogP contribution in [0.1, 0.15) is 19.4 Å². The molecule has 0 bridgehead atoms. The van der Waals surface area contributed by atoms with Crippen molar-refractivity contribution in [1.29, 1.82) is 0 Å². The van der Waals surface area contributed by atoms with Crippen LogP contribution in [-0.4, -0.2) is 41.2 Å². The highest BCUT2D eigenvalue weighted by atomic mass is 35.7. The molecule has 0 spiro atoms. The lowest BCUT2D eigenvalue weighted by Gasteiger charge is -2.27. The molecule has 0 atom stereocenters. The van der Waals surface area contributed by atoms with Gasteiger partial charge >= 0.3 is 8.80 Å². The summed E-state index contributed by atoms with van der Waals surface area (Å²) in [4.78, 5) is 0.100. The van der Waals surface area contributed by atoms with Gasteiger partial charge in [-0.25, -0.2) is 8.42 Å². The van der Waals surface area contributed by atoms with E-state index in [-0.39, 0.29) is 4.90 Å². The smallest absolute Gasteiger partial charge is 0.421 e. The number of hydrogen-bond donors (Lipinski definition) is 0. The number of rotatable bonds is 9. The van der Waals surface area contributed by atoms with Gasteiger partial charge in [-0.2, -0.15) is 0 Å². The molecule has 0 saturated carbocycles. The Morgan fingerprint density at radius 3 is 2.14 bits per heavy atom. The molecule has 22 heavy (non-hydrogen) atoms. The van der Waals surface area contributed by atoms with E-state index in [0.717, 1.165) is 5.56 Å². The molecule has 0 fully saturated rings. The standard InChI is InChI=1S/C13H23ClO5SSi2/c1-11(2)21-19-22(17-3,18-4)10-9-12-5-7-13(8-6-12)20(14,15)16/h5-8,11H,9-10,21H2,1-4H3. The van der Waals surface area contributed by atoms with Gasteiger partial charge in [0.15, 0.2) is 9.76 Å². The van der Waals surface area contributed by atoms with Gasteiger partial charge in [-0.15, -0.1) is 0 Å². The molecule has 0 aromatic heterocycles. The third-order valence-corrected chi connectivity index (χ3v) is 9.75. The van der Waals surface area contributed by atoms with Crippen molar-refractivity contribution in [3.63, 3.8) is 0 Å². The molecule has 1 aromatic rings. The van der Waals surface area contributed by atoms with Crippen LogP contribution in [0.2, 0.25) is 11.6 Å². The summed E-state index contributed by atoms with van der Waals surface area (Å²) in [5, 5.41) is 0. The molecular weight excluding hydrogens is 360 g/mol. The number of halogens is 1. The Labute approximate surface area is 140 Å². The van der Waals surface area contributed by atoms with E-state index in [4.69, 9.17) is 23.6 Å². The number of aryl methyl sites for hydroxylation is 1. The van der Waals surface area contributed by atoms with Crippen molar-refractivity contribution >= 4 is 38.3 Å². The van der Waals surface area contributed by atoms with Crippen molar-refractivity contribution in [3.05, 3.63) is 29.8 Å². The molecule has 5 nitrogen and oxygen atoms in total. The molecule has 0 radical (unpaired) electrons. The second-order valence-corrected chi connectivity index (χ2v) is 13.7. The summed E-state index contributed by atoms with van der Waals surface area (Å²) in [7, 11) is 1.55. The zero-order chi connectivity index (χ0) is 16.8. The van der Waals surface area contributed by atoms with E-state index in [1.54, 1.807) is 26.4 Å². The van der Waals surface area contributed by atoms with Gasteiger partial charge in [-0.1, -0.05) is 26.0 Å². The van der Waals surface area contributed by atoms with Gasteiger partial charge in [-0.05, 0) is 29.7 Å². The lowest BCUT2D eigenvalue weighted by Crippen LogP contribution is -2.45. The van der Waals surface area contributed by atoms with Crippen molar-refractivity contribution in [2.75, 3.05) is 14.2 Å². The first-order chi connectivity index (χ1) is 10.2. The van der Waals surface area contributed by atoms with Crippen LogP contribution in [0.5, 0.6) is 0 Å². The van der Waals surface area contributed by atoms with E-state index < -0.39 is 27.6 Å². The highest BCUT2D eigenvalue weighted by Crippen LogP contribution is 2.20. The van der Waals surface area contributed by atoms with Crippen LogP contribution < -0.4 is 0 Å². The van der Waals surface area contributed by atoms with E-state index in [2.05, 4.69) is 13.8 Å². The van der Waals surface area contributed by atoms with Crippen molar-refractivity contribution < 1.29 is 21.4 Å². The highest BCUT2D eigenvalue weighted by Gasteiger charge is 2.38. The van der Waals surface area contributed by atoms with Crippen LogP contribution in [0.4, 0.5) is 0 Å². The molecule has 0 N–H and O–H groups in total. The fraction of sp³-hybridized carbons (Fsp3) is 0.538. The maximum Gasteiger partial charge on any atom is 0.489 e. The SMILES string of the molecule is CO[Si](CCc1ccc(S(=O)(=O)Cl)cc1)(OC)O[SiH2]C(C)C. The topological polar surface area (TPSA) is 61.8 Å². The Bertz CT molecular complexity index is 558. The third kappa shape index (κ3) is 6.11. The van der Waals surface area contributed by atoms with Crippen molar-refractivity contribution in [2.24, 2.45) is 0 Å². The molecule has 0 aliphatic rings. The molecule has 9 heteroatoms. The Balaban J connectivity index is 2.72. The summed E-state index contributed by atoms with van der Waals surface area (Å²) < 4.78 is 39.5. The monoisotopic (exact) mass is 382 g/mol. The second kappa shape index (κ2) is 8.58. The first-order valence-corrected chi connectivity index (χ1v) is 12.6. The molecule has 0 aliphatic carbocycles. The van der Waals surface area contributed by atoms with Crippen LogP contribution >= 0.6 is 10.7 Å². The third-order valence-electron chi connectivity index (χ3n) is 3.18. The summed E-state index contributed by atoms with van der Waals surface area (Å²) >= 11 is 0. The van der Waals surface area contributed by atoms with Crippen LogP contribution in [0.25, 0.3) is 0 Å². The van der Waals surface area contributed by atoms with Gasteiger partial charge in [0.05, 0.1) is 4.90 Å². The van der Waals surface area contributed by atoms with E-state index in [9.17, 15) is 8.42 Å². The predicted octanol–water partition coefficient (Wildman–Crippen LogP) is 2.32. The van der Waals surface area contributed by atoms with E-state index in [1.807, 2.05) is 0 Å². The Hall–Kier alpha value is -0.226. The van der Waals surface area contributed by atoms with E-state index >= 15 is 0 Å². The first kappa shape index (κ1) is 19.8. The first-order valence-electron chi connectivity index (χ1n) is 7.00. The van der Waals surface area contributed by atoms with Crippen molar-refractivity contribution in [3.8, 4) is 0 Å². The maximum absolute atomic E-state index is 11.2. The van der Waals surface area contributed by atoms with Gasteiger partial charge in [-0.3, -0.25) is 0 Å². The zero-order valence-electron chi connectivity index (χ0n) is 13.3. The molecule has 0 unspecified atom stereocenters. The highest BCUT2D eigenvalue weighted by molar-refractivity contribution is 8.13. The lowest BCUT2D eigenvalue weighted by atomic mass is 10.2. The Kier molecular flexibility index (Phi) is 7.73. The molecule has 1 rings (SSSR count). The fourth-order valence-corrected chi connectivity index (χ4v) is 7.70. The van der Waals surface area contributed by atoms with Crippen LogP contribution in [0.3, 0.4) is 0 Å². The van der Waals surface area contributed by atoms with E-state index in [0.29, 0.717) is 18.0 Å². The zero-order valence-corrected chi connectivity index (χ0v) is 17.3. The van der Waals surface area contributed by atoms with Crippen LogP contribution in [-0.2, 0) is 28.4 Å². The number of benzene rings is 1. The van der Waals surface area contributed by atoms with Crippen LogP contribution in [0, 0.1) is 0 Å². The molecule has 0 heterocycles. The van der Waals surface area contributed by atoms with Gasteiger partial charge in [0.1, 0.15) is 0 Å². The molecule has 1 aromatic carbocycles. The summed E-state index contributed by atoms with van der Waals surface area (Å²) in [6.07, 6.45) is 0.697. The Morgan fingerprint density at radius 1 is 1.18 bits per heavy atom. The van der Waals surface area contributed by atoms with Gasteiger partial charge in [0.2, 0.25) is 0 Å². The summed E-state index contributed by atoms with van der Waals surface area (Å²) in [6.45, 7) is 4.25. The Morgan fingerprint density at radius 2 is 1.73 bits per heavy atom. The average Bonchev–Trinajstić information content (AvgIpc) is 2.47. The molecule has 126 valence electrons.